The van der Waals surface area contributed by atoms with Crippen LogP contribution in [0, 0.1) is 0 Å². The summed E-state index contributed by atoms with van der Waals surface area (Å²) >= 11 is 3.39. The number of hydrogen-bond donors (Lipinski definition) is 0. The molecule has 3 rings (SSSR count). The molecule has 0 N–H and O–H groups in total. The molecule has 4 nitrogen and oxygen atoms in total. The SMILES string of the molecule is O=C(COc1ccc(Br)cc1)N1CCN(CCCc2ccccc2)CC1. The van der Waals surface area contributed by atoms with E-state index in [1.54, 1.807) is 0 Å². The second kappa shape index (κ2) is 9.74. The van der Waals surface area contributed by atoms with Gasteiger partial charge in [0.2, 0.25) is 0 Å². The summed E-state index contributed by atoms with van der Waals surface area (Å²) in [6, 6.07) is 18.2. The van der Waals surface area contributed by atoms with Crippen LogP contribution in [0.4, 0.5) is 0 Å². The predicted octanol–water partition coefficient (Wildman–Crippen LogP) is 3.60. The lowest BCUT2D eigenvalue weighted by atomic mass is 10.1. The molecule has 0 atom stereocenters. The van der Waals surface area contributed by atoms with Gasteiger partial charge < -0.3 is 9.64 Å². The average molecular weight is 417 g/mol. The Balaban J connectivity index is 1.33. The Morgan fingerprint density at radius 2 is 1.65 bits per heavy atom. The summed E-state index contributed by atoms with van der Waals surface area (Å²) in [5.41, 5.74) is 1.39. The summed E-state index contributed by atoms with van der Waals surface area (Å²) in [4.78, 5) is 16.7. The highest BCUT2D eigenvalue weighted by molar-refractivity contribution is 9.10. The van der Waals surface area contributed by atoms with Gasteiger partial charge in [-0.05, 0) is 49.2 Å². The fourth-order valence-electron chi connectivity index (χ4n) is 3.14. The molecule has 1 amide bonds. The van der Waals surface area contributed by atoms with Crippen molar-refractivity contribution in [3.63, 3.8) is 0 Å². The number of carbonyl (C=O) groups excluding carboxylic acids is 1. The van der Waals surface area contributed by atoms with E-state index < -0.39 is 0 Å². The van der Waals surface area contributed by atoms with Gasteiger partial charge in [0.25, 0.3) is 5.91 Å². The second-order valence-corrected chi connectivity index (χ2v) is 7.47. The molecule has 0 radical (unpaired) electrons. The number of amides is 1. The highest BCUT2D eigenvalue weighted by Crippen LogP contribution is 2.16. The second-order valence-electron chi connectivity index (χ2n) is 6.55. The summed E-state index contributed by atoms with van der Waals surface area (Å²) < 4.78 is 6.59. The van der Waals surface area contributed by atoms with Crippen molar-refractivity contribution in [2.75, 3.05) is 39.3 Å². The van der Waals surface area contributed by atoms with Gasteiger partial charge in [0.15, 0.2) is 6.61 Å². The third kappa shape index (κ3) is 5.85. The molecule has 0 aliphatic carbocycles. The Morgan fingerprint density at radius 1 is 0.962 bits per heavy atom. The average Bonchev–Trinajstić information content (AvgIpc) is 2.69. The van der Waals surface area contributed by atoms with Crippen molar-refractivity contribution in [1.82, 2.24) is 9.80 Å². The van der Waals surface area contributed by atoms with Crippen molar-refractivity contribution in [2.45, 2.75) is 12.8 Å². The van der Waals surface area contributed by atoms with Crippen molar-refractivity contribution >= 4 is 21.8 Å². The first-order chi connectivity index (χ1) is 12.7. The molecule has 0 spiro atoms. The lowest BCUT2D eigenvalue weighted by Gasteiger charge is -2.34. The smallest absolute Gasteiger partial charge is 0.260 e. The van der Waals surface area contributed by atoms with E-state index in [1.807, 2.05) is 29.2 Å². The van der Waals surface area contributed by atoms with E-state index in [9.17, 15) is 4.79 Å². The molecule has 2 aromatic rings. The van der Waals surface area contributed by atoms with Gasteiger partial charge in [-0.2, -0.15) is 0 Å². The zero-order valence-electron chi connectivity index (χ0n) is 14.9. The largest absolute Gasteiger partial charge is 0.484 e. The molecule has 1 heterocycles. The van der Waals surface area contributed by atoms with Crippen molar-refractivity contribution in [3.05, 3.63) is 64.6 Å². The standard InChI is InChI=1S/C21H25BrN2O2/c22-19-8-10-20(11-9-19)26-17-21(25)24-15-13-23(14-16-24)12-4-7-18-5-2-1-3-6-18/h1-3,5-6,8-11H,4,7,12-17H2. The number of aryl methyl sites for hydroxylation is 1. The normalized spacial score (nSPS) is 15.0. The van der Waals surface area contributed by atoms with Crippen LogP contribution in [-0.4, -0.2) is 55.0 Å². The molecular formula is C21H25BrN2O2. The van der Waals surface area contributed by atoms with Crippen LogP contribution in [0.5, 0.6) is 5.75 Å². The van der Waals surface area contributed by atoms with E-state index in [-0.39, 0.29) is 12.5 Å². The maximum atomic E-state index is 12.3. The number of nitrogens with zero attached hydrogens (tertiary/aromatic N) is 2. The van der Waals surface area contributed by atoms with E-state index in [1.165, 1.54) is 5.56 Å². The van der Waals surface area contributed by atoms with Crippen LogP contribution in [0.2, 0.25) is 0 Å². The van der Waals surface area contributed by atoms with Gasteiger partial charge in [-0.3, -0.25) is 9.69 Å². The Kier molecular flexibility index (Phi) is 7.09. The van der Waals surface area contributed by atoms with E-state index in [4.69, 9.17) is 4.74 Å². The monoisotopic (exact) mass is 416 g/mol. The predicted molar refractivity (Wildman–Crippen MR) is 107 cm³/mol. The summed E-state index contributed by atoms with van der Waals surface area (Å²) in [5, 5.41) is 0. The Bertz CT molecular complexity index is 683. The van der Waals surface area contributed by atoms with Gasteiger partial charge in [-0.1, -0.05) is 46.3 Å². The number of halogens is 1. The van der Waals surface area contributed by atoms with Gasteiger partial charge in [-0.25, -0.2) is 0 Å². The third-order valence-electron chi connectivity index (χ3n) is 4.68. The molecule has 138 valence electrons. The summed E-state index contributed by atoms with van der Waals surface area (Å²) in [5.74, 6) is 0.790. The number of rotatable bonds is 7. The molecule has 5 heteroatoms. The molecule has 2 aromatic carbocycles. The summed E-state index contributed by atoms with van der Waals surface area (Å²) in [6.45, 7) is 4.65. The molecule has 0 aromatic heterocycles. The van der Waals surface area contributed by atoms with Gasteiger partial charge in [0, 0.05) is 30.7 Å². The van der Waals surface area contributed by atoms with Crippen LogP contribution in [0.1, 0.15) is 12.0 Å². The van der Waals surface area contributed by atoms with Gasteiger partial charge in [0.05, 0.1) is 0 Å². The Morgan fingerprint density at radius 3 is 2.35 bits per heavy atom. The minimum absolute atomic E-state index is 0.0665. The molecule has 26 heavy (non-hydrogen) atoms. The fourth-order valence-corrected chi connectivity index (χ4v) is 3.40. The third-order valence-corrected chi connectivity index (χ3v) is 5.21. The maximum Gasteiger partial charge on any atom is 0.260 e. The molecule has 0 bridgehead atoms. The lowest BCUT2D eigenvalue weighted by molar-refractivity contribution is -0.135. The summed E-state index contributed by atoms with van der Waals surface area (Å²) in [7, 11) is 0. The Hall–Kier alpha value is -1.85. The van der Waals surface area contributed by atoms with Crippen LogP contribution in [0.3, 0.4) is 0 Å². The van der Waals surface area contributed by atoms with Gasteiger partial charge >= 0.3 is 0 Å². The number of hydrogen-bond acceptors (Lipinski definition) is 3. The molecule has 0 unspecified atom stereocenters. The topological polar surface area (TPSA) is 32.8 Å². The van der Waals surface area contributed by atoms with E-state index in [2.05, 4.69) is 51.2 Å². The van der Waals surface area contributed by atoms with Crippen LogP contribution in [-0.2, 0) is 11.2 Å². The first kappa shape index (κ1) is 18.9. The number of benzene rings is 2. The van der Waals surface area contributed by atoms with Crippen LogP contribution in [0.25, 0.3) is 0 Å². The van der Waals surface area contributed by atoms with Crippen molar-refractivity contribution < 1.29 is 9.53 Å². The molecular weight excluding hydrogens is 392 g/mol. The molecule has 1 saturated heterocycles. The molecule has 0 saturated carbocycles. The van der Waals surface area contributed by atoms with Crippen molar-refractivity contribution in [3.8, 4) is 5.75 Å². The van der Waals surface area contributed by atoms with E-state index >= 15 is 0 Å². The molecule has 1 aliphatic heterocycles. The first-order valence-electron chi connectivity index (χ1n) is 9.13. The van der Waals surface area contributed by atoms with Gasteiger partial charge in [-0.15, -0.1) is 0 Å². The first-order valence-corrected chi connectivity index (χ1v) is 9.92. The zero-order chi connectivity index (χ0) is 18.2. The molecule has 1 fully saturated rings. The van der Waals surface area contributed by atoms with Crippen LogP contribution < -0.4 is 4.74 Å². The number of piperazine rings is 1. The summed E-state index contributed by atoms with van der Waals surface area (Å²) in [6.07, 6.45) is 2.27. The quantitative estimate of drug-likeness (QED) is 0.690. The maximum absolute atomic E-state index is 12.3. The Labute approximate surface area is 163 Å². The van der Waals surface area contributed by atoms with Crippen LogP contribution >= 0.6 is 15.9 Å². The minimum atomic E-state index is 0.0665. The zero-order valence-corrected chi connectivity index (χ0v) is 16.5. The number of ether oxygens (including phenoxy) is 1. The van der Waals surface area contributed by atoms with E-state index in [0.29, 0.717) is 0 Å². The van der Waals surface area contributed by atoms with Crippen molar-refractivity contribution in [2.24, 2.45) is 0 Å². The molecule has 1 aliphatic rings. The van der Waals surface area contributed by atoms with Crippen molar-refractivity contribution in [1.29, 1.82) is 0 Å². The highest BCUT2D eigenvalue weighted by atomic mass is 79.9. The van der Waals surface area contributed by atoms with E-state index in [0.717, 1.165) is 55.8 Å². The highest BCUT2D eigenvalue weighted by Gasteiger charge is 2.21. The minimum Gasteiger partial charge on any atom is -0.484 e. The fraction of sp³-hybridized carbons (Fsp3) is 0.381. The van der Waals surface area contributed by atoms with Gasteiger partial charge in [0.1, 0.15) is 5.75 Å². The van der Waals surface area contributed by atoms with Crippen LogP contribution in [0.15, 0.2) is 59.1 Å². The lowest BCUT2D eigenvalue weighted by Crippen LogP contribution is -2.50. The number of carbonyl (C=O) groups is 1.